The van der Waals surface area contributed by atoms with Crippen molar-refractivity contribution in [2.45, 2.75) is 17.8 Å². The molecule has 0 unspecified atom stereocenters. The lowest BCUT2D eigenvalue weighted by Crippen LogP contribution is -2.00. The zero-order valence-electron chi connectivity index (χ0n) is 13.9. The number of anilines is 1. The van der Waals surface area contributed by atoms with Crippen molar-refractivity contribution in [3.8, 4) is 5.75 Å². The number of benzene rings is 1. The van der Waals surface area contributed by atoms with E-state index in [1.807, 2.05) is 49.4 Å². The number of hydrogen-bond acceptors (Lipinski definition) is 7. The molecular weight excluding hydrogens is 336 g/mol. The van der Waals surface area contributed by atoms with E-state index in [4.69, 9.17) is 4.74 Å². The molecule has 0 fully saturated rings. The number of thioether (sulfide) groups is 1. The smallest absolute Gasteiger partial charge is 0.240 e. The van der Waals surface area contributed by atoms with Gasteiger partial charge in [-0.05, 0) is 48.9 Å². The Kier molecular flexibility index (Phi) is 5.63. The molecule has 0 atom stereocenters. The highest BCUT2D eigenvalue weighted by Crippen LogP contribution is 2.18. The van der Waals surface area contributed by atoms with E-state index in [1.165, 1.54) is 11.8 Å². The van der Waals surface area contributed by atoms with Gasteiger partial charge in [0, 0.05) is 11.9 Å². The Morgan fingerprint density at radius 2 is 2.08 bits per heavy atom. The minimum atomic E-state index is 0.497. The molecular formula is C17H18N6OS. The summed E-state index contributed by atoms with van der Waals surface area (Å²) in [5.74, 6) is 2.03. The SMILES string of the molecule is COc1ccc(/C(C)=N/Nc2nc(SCc3ccccn3)n[nH]2)cc1. The second-order valence-corrected chi connectivity index (χ2v) is 6.06. The van der Waals surface area contributed by atoms with E-state index in [2.05, 4.69) is 30.7 Å². The molecule has 128 valence electrons. The third-order valence-corrected chi connectivity index (χ3v) is 4.26. The van der Waals surface area contributed by atoms with Crippen molar-refractivity contribution in [1.29, 1.82) is 0 Å². The lowest BCUT2D eigenvalue weighted by Gasteiger charge is -2.03. The fraction of sp³-hybridized carbons (Fsp3) is 0.176. The molecule has 0 bridgehead atoms. The van der Waals surface area contributed by atoms with Gasteiger partial charge in [-0.2, -0.15) is 10.1 Å². The molecule has 2 aromatic heterocycles. The van der Waals surface area contributed by atoms with E-state index in [0.29, 0.717) is 16.9 Å². The molecule has 1 aromatic carbocycles. The maximum absolute atomic E-state index is 5.15. The number of aromatic amines is 1. The number of methoxy groups -OCH3 is 1. The highest BCUT2D eigenvalue weighted by molar-refractivity contribution is 7.98. The first kappa shape index (κ1) is 17.0. The summed E-state index contributed by atoms with van der Waals surface area (Å²) in [4.78, 5) is 8.62. The molecule has 2 N–H and O–H groups in total. The second kappa shape index (κ2) is 8.29. The van der Waals surface area contributed by atoms with Gasteiger partial charge >= 0.3 is 0 Å². The quantitative estimate of drug-likeness (QED) is 0.384. The first-order valence-corrected chi connectivity index (χ1v) is 8.63. The van der Waals surface area contributed by atoms with Crippen molar-refractivity contribution in [3.63, 3.8) is 0 Å². The van der Waals surface area contributed by atoms with E-state index >= 15 is 0 Å². The first-order chi connectivity index (χ1) is 12.2. The number of hydrazone groups is 1. The van der Waals surface area contributed by atoms with Gasteiger partial charge in [0.1, 0.15) is 5.75 Å². The van der Waals surface area contributed by atoms with Crippen molar-refractivity contribution >= 4 is 23.4 Å². The normalized spacial score (nSPS) is 11.4. The van der Waals surface area contributed by atoms with Gasteiger partial charge in [-0.15, -0.1) is 5.10 Å². The molecule has 3 aromatic rings. The van der Waals surface area contributed by atoms with Crippen LogP contribution in [0.3, 0.4) is 0 Å². The molecule has 25 heavy (non-hydrogen) atoms. The Morgan fingerprint density at radius 1 is 1.24 bits per heavy atom. The van der Waals surface area contributed by atoms with Gasteiger partial charge in [0.2, 0.25) is 11.1 Å². The van der Waals surface area contributed by atoms with Gasteiger partial charge in [-0.3, -0.25) is 4.98 Å². The molecule has 8 heteroatoms. The fourth-order valence-electron chi connectivity index (χ4n) is 2.02. The van der Waals surface area contributed by atoms with Crippen molar-refractivity contribution < 1.29 is 4.74 Å². The molecule has 7 nitrogen and oxygen atoms in total. The summed E-state index contributed by atoms with van der Waals surface area (Å²) < 4.78 is 5.15. The molecule has 0 amide bonds. The summed E-state index contributed by atoms with van der Waals surface area (Å²) in [6.45, 7) is 1.92. The standard InChI is InChI=1S/C17H18N6OS/c1-12(13-6-8-15(24-2)9-7-13)20-21-16-19-17(23-22-16)25-11-14-5-3-4-10-18-14/h3-10H,11H2,1-2H3,(H2,19,21,22,23)/b20-12+. The van der Waals surface area contributed by atoms with Gasteiger partial charge < -0.3 is 4.74 Å². The van der Waals surface area contributed by atoms with Crippen molar-refractivity contribution in [2.75, 3.05) is 12.5 Å². The lowest BCUT2D eigenvalue weighted by molar-refractivity contribution is 0.415. The van der Waals surface area contributed by atoms with Crippen molar-refractivity contribution in [3.05, 3.63) is 59.9 Å². The number of ether oxygens (including phenoxy) is 1. The maximum atomic E-state index is 5.15. The monoisotopic (exact) mass is 354 g/mol. The van der Waals surface area contributed by atoms with Crippen LogP contribution >= 0.6 is 11.8 Å². The number of nitrogens with zero attached hydrogens (tertiary/aromatic N) is 4. The van der Waals surface area contributed by atoms with Crippen LogP contribution in [0, 0.1) is 0 Å². The van der Waals surface area contributed by atoms with Gasteiger partial charge in [0.15, 0.2) is 0 Å². The largest absolute Gasteiger partial charge is 0.497 e. The Labute approximate surface area is 149 Å². The van der Waals surface area contributed by atoms with E-state index in [1.54, 1.807) is 13.3 Å². The van der Waals surface area contributed by atoms with Crippen LogP contribution in [0.25, 0.3) is 0 Å². The molecule has 0 aliphatic carbocycles. The van der Waals surface area contributed by atoms with Gasteiger partial charge in [0.25, 0.3) is 0 Å². The molecule has 0 radical (unpaired) electrons. The van der Waals surface area contributed by atoms with Gasteiger partial charge in [-0.25, -0.2) is 10.5 Å². The molecule has 0 saturated carbocycles. The highest BCUT2D eigenvalue weighted by atomic mass is 32.2. The van der Waals surface area contributed by atoms with Crippen LogP contribution in [0.15, 0.2) is 58.9 Å². The maximum Gasteiger partial charge on any atom is 0.240 e. The van der Waals surface area contributed by atoms with E-state index in [-0.39, 0.29) is 0 Å². The molecule has 2 heterocycles. The number of aromatic nitrogens is 4. The zero-order valence-corrected chi connectivity index (χ0v) is 14.7. The van der Waals surface area contributed by atoms with Crippen LogP contribution in [0.5, 0.6) is 5.75 Å². The summed E-state index contributed by atoms with van der Waals surface area (Å²) in [7, 11) is 1.64. The Bertz CT molecular complexity index is 832. The van der Waals surface area contributed by atoms with Crippen molar-refractivity contribution in [1.82, 2.24) is 20.2 Å². The van der Waals surface area contributed by atoms with Crippen LogP contribution in [-0.4, -0.2) is 33.0 Å². The van der Waals surface area contributed by atoms with Crippen LogP contribution < -0.4 is 10.2 Å². The Balaban J connectivity index is 1.56. The van der Waals surface area contributed by atoms with Crippen LogP contribution in [0.4, 0.5) is 5.95 Å². The third kappa shape index (κ3) is 4.80. The Morgan fingerprint density at radius 3 is 2.80 bits per heavy atom. The fourth-order valence-corrected chi connectivity index (χ4v) is 2.73. The van der Waals surface area contributed by atoms with Gasteiger partial charge in [0.05, 0.1) is 18.5 Å². The van der Waals surface area contributed by atoms with Gasteiger partial charge in [-0.1, -0.05) is 17.8 Å². The third-order valence-electron chi connectivity index (χ3n) is 3.38. The average Bonchev–Trinajstić information content (AvgIpc) is 3.13. The topological polar surface area (TPSA) is 88.1 Å². The number of rotatable bonds is 7. The minimum absolute atomic E-state index is 0.497. The molecule has 0 saturated heterocycles. The Hall–Kier alpha value is -2.87. The predicted molar refractivity (Wildman–Crippen MR) is 99.0 cm³/mol. The summed E-state index contributed by atoms with van der Waals surface area (Å²) in [5.41, 5.74) is 5.71. The molecule has 0 aliphatic rings. The average molecular weight is 354 g/mol. The van der Waals surface area contributed by atoms with Crippen LogP contribution in [0.2, 0.25) is 0 Å². The van der Waals surface area contributed by atoms with E-state index in [9.17, 15) is 0 Å². The molecule has 0 spiro atoms. The summed E-state index contributed by atoms with van der Waals surface area (Å²) in [5, 5.41) is 11.9. The van der Waals surface area contributed by atoms with E-state index in [0.717, 1.165) is 22.7 Å². The minimum Gasteiger partial charge on any atom is -0.497 e. The summed E-state index contributed by atoms with van der Waals surface area (Å²) in [6, 6.07) is 13.5. The highest BCUT2D eigenvalue weighted by Gasteiger charge is 2.05. The van der Waals surface area contributed by atoms with E-state index < -0.39 is 0 Å². The van der Waals surface area contributed by atoms with Crippen LogP contribution in [0.1, 0.15) is 18.2 Å². The van der Waals surface area contributed by atoms with Crippen molar-refractivity contribution in [2.24, 2.45) is 5.10 Å². The summed E-state index contributed by atoms with van der Waals surface area (Å²) >= 11 is 1.51. The lowest BCUT2D eigenvalue weighted by atomic mass is 10.1. The summed E-state index contributed by atoms with van der Waals surface area (Å²) in [6.07, 6.45) is 1.78. The molecule has 3 rings (SSSR count). The first-order valence-electron chi connectivity index (χ1n) is 7.64. The number of nitrogens with one attached hydrogen (secondary N) is 2. The number of hydrogen-bond donors (Lipinski definition) is 2. The second-order valence-electron chi connectivity index (χ2n) is 5.11. The van der Waals surface area contributed by atoms with Crippen LogP contribution in [-0.2, 0) is 5.75 Å². The number of pyridine rings is 1. The molecule has 0 aliphatic heterocycles. The zero-order chi connectivity index (χ0) is 17.5. The predicted octanol–water partition coefficient (Wildman–Crippen LogP) is 3.34. The number of H-pyrrole nitrogens is 1.